The molecule has 2 amide bonds. The van der Waals surface area contributed by atoms with Gasteiger partial charge in [-0.15, -0.1) is 0 Å². The van der Waals surface area contributed by atoms with Crippen LogP contribution in [0.4, 0.5) is 0 Å². The van der Waals surface area contributed by atoms with Crippen LogP contribution in [0.3, 0.4) is 0 Å². The van der Waals surface area contributed by atoms with Crippen molar-refractivity contribution in [3.05, 3.63) is 29.8 Å². The zero-order chi connectivity index (χ0) is 18.3. The fraction of sp³-hybridized carbons (Fsp3) is 0.579. The van der Waals surface area contributed by atoms with Crippen molar-refractivity contribution < 1.29 is 14.3 Å². The van der Waals surface area contributed by atoms with Crippen molar-refractivity contribution in [2.24, 2.45) is 0 Å². The number of nitrogens with zero attached hydrogens (tertiary/aromatic N) is 1. The van der Waals surface area contributed by atoms with Gasteiger partial charge >= 0.3 is 0 Å². The first-order valence-corrected chi connectivity index (χ1v) is 8.42. The molecule has 24 heavy (non-hydrogen) atoms. The van der Waals surface area contributed by atoms with E-state index in [1.54, 1.807) is 18.9 Å². The second-order valence-electron chi connectivity index (χ2n) is 7.03. The number of nitrogens with one attached hydrogen (secondary N) is 1. The summed E-state index contributed by atoms with van der Waals surface area (Å²) in [6, 6.07) is 7.03. The number of hydrogen-bond acceptors (Lipinski definition) is 3. The normalized spacial score (nSPS) is 12.4. The first kappa shape index (κ1) is 20.0. The van der Waals surface area contributed by atoms with Gasteiger partial charge in [-0.25, -0.2) is 0 Å². The van der Waals surface area contributed by atoms with Crippen molar-refractivity contribution in [3.8, 4) is 5.75 Å². The molecule has 0 aliphatic heterocycles. The summed E-state index contributed by atoms with van der Waals surface area (Å²) in [7, 11) is 1.62. The molecule has 5 nitrogen and oxygen atoms in total. The fourth-order valence-corrected chi connectivity index (χ4v) is 2.34. The van der Waals surface area contributed by atoms with Crippen LogP contribution in [0, 0.1) is 0 Å². The lowest BCUT2D eigenvalue weighted by Gasteiger charge is -2.31. The standard InChI is InChI=1S/C19H30N2O3/c1-7-8-17(22)21(14(2)18(23)20-19(3,4)5)13-15-9-11-16(24-6)12-10-15/h9-12,14H,7-8,13H2,1-6H3,(H,20,23)/t14-/m0/s1. The summed E-state index contributed by atoms with van der Waals surface area (Å²) in [6.07, 6.45) is 1.19. The van der Waals surface area contributed by atoms with Crippen molar-refractivity contribution in [2.75, 3.05) is 7.11 Å². The fourth-order valence-electron chi connectivity index (χ4n) is 2.34. The Morgan fingerprint density at radius 1 is 1.21 bits per heavy atom. The van der Waals surface area contributed by atoms with Gasteiger partial charge in [0.05, 0.1) is 7.11 Å². The molecule has 1 N–H and O–H groups in total. The molecule has 0 bridgehead atoms. The molecule has 1 aromatic carbocycles. The molecular formula is C19H30N2O3. The summed E-state index contributed by atoms with van der Waals surface area (Å²) in [5.74, 6) is 0.619. The molecule has 0 radical (unpaired) electrons. The molecule has 1 aromatic rings. The molecule has 0 unspecified atom stereocenters. The maximum atomic E-state index is 12.5. The average Bonchev–Trinajstić information content (AvgIpc) is 2.51. The number of amides is 2. The van der Waals surface area contributed by atoms with Gasteiger partial charge in [-0.05, 0) is 51.8 Å². The van der Waals surface area contributed by atoms with E-state index < -0.39 is 6.04 Å². The van der Waals surface area contributed by atoms with Gasteiger partial charge in [-0.2, -0.15) is 0 Å². The number of rotatable bonds is 7. The average molecular weight is 334 g/mol. The lowest BCUT2D eigenvalue weighted by Crippen LogP contribution is -2.52. The van der Waals surface area contributed by atoms with Crippen molar-refractivity contribution in [1.29, 1.82) is 0 Å². The Morgan fingerprint density at radius 3 is 2.25 bits per heavy atom. The van der Waals surface area contributed by atoms with E-state index in [2.05, 4.69) is 5.32 Å². The Labute approximate surface area is 145 Å². The Kier molecular flexibility index (Phi) is 7.26. The summed E-state index contributed by atoms with van der Waals surface area (Å²) in [4.78, 5) is 26.6. The Bertz CT molecular complexity index is 547. The van der Waals surface area contributed by atoms with E-state index in [0.717, 1.165) is 17.7 Å². The van der Waals surface area contributed by atoms with Crippen LogP contribution in [-0.4, -0.2) is 35.4 Å². The SMILES string of the molecule is CCCC(=O)N(Cc1ccc(OC)cc1)[C@@H](C)C(=O)NC(C)(C)C. The molecule has 5 heteroatoms. The van der Waals surface area contributed by atoms with Gasteiger partial charge in [0.25, 0.3) is 0 Å². The lowest BCUT2D eigenvalue weighted by molar-refractivity contribution is -0.141. The third-order valence-corrected chi connectivity index (χ3v) is 3.64. The monoisotopic (exact) mass is 334 g/mol. The van der Waals surface area contributed by atoms with Crippen LogP contribution in [0.25, 0.3) is 0 Å². The highest BCUT2D eigenvalue weighted by Crippen LogP contribution is 2.16. The van der Waals surface area contributed by atoms with Crippen molar-refractivity contribution in [2.45, 2.75) is 65.6 Å². The van der Waals surface area contributed by atoms with E-state index in [0.29, 0.717) is 13.0 Å². The minimum absolute atomic E-state index is 0.00937. The summed E-state index contributed by atoms with van der Waals surface area (Å²) < 4.78 is 5.16. The zero-order valence-electron chi connectivity index (χ0n) is 15.7. The highest BCUT2D eigenvalue weighted by Gasteiger charge is 2.27. The van der Waals surface area contributed by atoms with Gasteiger partial charge in [0.1, 0.15) is 11.8 Å². The summed E-state index contributed by atoms with van der Waals surface area (Å²) in [5, 5.41) is 2.95. The van der Waals surface area contributed by atoms with Crippen LogP contribution in [0.15, 0.2) is 24.3 Å². The smallest absolute Gasteiger partial charge is 0.242 e. The molecule has 0 aliphatic rings. The summed E-state index contributed by atoms with van der Waals surface area (Å²) in [5.41, 5.74) is 0.640. The van der Waals surface area contributed by atoms with Gasteiger partial charge in [0, 0.05) is 18.5 Å². The van der Waals surface area contributed by atoms with Crippen LogP contribution in [-0.2, 0) is 16.1 Å². The maximum Gasteiger partial charge on any atom is 0.242 e. The second kappa shape index (κ2) is 8.71. The molecule has 0 heterocycles. The van der Waals surface area contributed by atoms with Gasteiger partial charge < -0.3 is 15.0 Å². The van der Waals surface area contributed by atoms with Gasteiger partial charge in [-0.3, -0.25) is 9.59 Å². The number of carbonyl (C=O) groups excluding carboxylic acids is 2. The highest BCUT2D eigenvalue weighted by atomic mass is 16.5. The van der Waals surface area contributed by atoms with Crippen LogP contribution >= 0.6 is 0 Å². The Hall–Kier alpha value is -2.04. The van der Waals surface area contributed by atoms with Crippen LogP contribution < -0.4 is 10.1 Å². The molecule has 1 rings (SSSR count). The number of benzene rings is 1. The van der Waals surface area contributed by atoms with Gasteiger partial charge in [0.15, 0.2) is 0 Å². The molecule has 0 saturated heterocycles. The number of carbonyl (C=O) groups is 2. The number of methoxy groups -OCH3 is 1. The Balaban J connectivity index is 2.93. The maximum absolute atomic E-state index is 12.5. The van der Waals surface area contributed by atoms with E-state index in [-0.39, 0.29) is 17.4 Å². The topological polar surface area (TPSA) is 58.6 Å². The van der Waals surface area contributed by atoms with Crippen molar-refractivity contribution >= 4 is 11.8 Å². The lowest BCUT2D eigenvalue weighted by atomic mass is 10.1. The molecule has 0 aliphatic carbocycles. The number of hydrogen-bond donors (Lipinski definition) is 1. The molecule has 0 saturated carbocycles. The molecular weight excluding hydrogens is 304 g/mol. The third-order valence-electron chi connectivity index (χ3n) is 3.64. The van der Waals surface area contributed by atoms with Crippen LogP contribution in [0.1, 0.15) is 53.0 Å². The quantitative estimate of drug-likeness (QED) is 0.833. The van der Waals surface area contributed by atoms with Gasteiger partial charge in [0.2, 0.25) is 11.8 Å². The molecule has 134 valence electrons. The second-order valence-corrected chi connectivity index (χ2v) is 7.03. The predicted molar refractivity (Wildman–Crippen MR) is 95.8 cm³/mol. The molecule has 0 fully saturated rings. The van der Waals surface area contributed by atoms with E-state index in [1.807, 2.05) is 52.0 Å². The highest BCUT2D eigenvalue weighted by molar-refractivity contribution is 5.87. The predicted octanol–water partition coefficient (Wildman–Crippen LogP) is 3.13. The molecule has 1 atom stereocenters. The van der Waals surface area contributed by atoms with Gasteiger partial charge in [-0.1, -0.05) is 19.1 Å². The molecule has 0 aromatic heterocycles. The van der Waals surface area contributed by atoms with Crippen molar-refractivity contribution in [3.63, 3.8) is 0 Å². The molecule has 0 spiro atoms. The zero-order valence-corrected chi connectivity index (χ0v) is 15.7. The summed E-state index contributed by atoms with van der Waals surface area (Å²) >= 11 is 0. The Morgan fingerprint density at radius 2 is 1.79 bits per heavy atom. The van der Waals surface area contributed by atoms with E-state index in [1.165, 1.54) is 0 Å². The van der Waals surface area contributed by atoms with Crippen molar-refractivity contribution in [1.82, 2.24) is 10.2 Å². The first-order chi connectivity index (χ1) is 11.2. The van der Waals surface area contributed by atoms with E-state index in [4.69, 9.17) is 4.74 Å². The van der Waals surface area contributed by atoms with Crippen LogP contribution in [0.5, 0.6) is 5.75 Å². The van der Waals surface area contributed by atoms with E-state index >= 15 is 0 Å². The summed E-state index contributed by atoms with van der Waals surface area (Å²) in [6.45, 7) is 9.93. The minimum atomic E-state index is -0.523. The minimum Gasteiger partial charge on any atom is -0.497 e. The van der Waals surface area contributed by atoms with E-state index in [9.17, 15) is 9.59 Å². The first-order valence-electron chi connectivity index (χ1n) is 8.42. The largest absolute Gasteiger partial charge is 0.497 e. The third kappa shape index (κ3) is 6.22. The van der Waals surface area contributed by atoms with Crippen LogP contribution in [0.2, 0.25) is 0 Å². The number of ether oxygens (including phenoxy) is 1.